The summed E-state index contributed by atoms with van der Waals surface area (Å²) in [6.07, 6.45) is 2.39. The maximum absolute atomic E-state index is 10.0. The minimum absolute atomic E-state index is 0.329. The van der Waals surface area contributed by atoms with Crippen molar-refractivity contribution in [1.29, 1.82) is 0 Å². The van der Waals surface area contributed by atoms with Crippen molar-refractivity contribution in [2.24, 2.45) is 0 Å². The quantitative estimate of drug-likeness (QED) is 0.649. The van der Waals surface area contributed by atoms with E-state index in [0.29, 0.717) is 0 Å². The van der Waals surface area contributed by atoms with Crippen LogP contribution in [0.3, 0.4) is 0 Å². The van der Waals surface area contributed by atoms with E-state index in [1.807, 2.05) is 5.32 Å². The van der Waals surface area contributed by atoms with Crippen LogP contribution in [0, 0.1) is 13.8 Å². The Kier molecular flexibility index (Phi) is 3.80. The lowest BCUT2D eigenvalue weighted by Crippen LogP contribution is -2.19. The van der Waals surface area contributed by atoms with Crippen LogP contribution in [0.25, 0.3) is 0 Å². The molecular formula is C12H13NO2. The van der Waals surface area contributed by atoms with Gasteiger partial charge >= 0.3 is 0 Å². The van der Waals surface area contributed by atoms with E-state index in [1.54, 1.807) is 0 Å². The first-order chi connectivity index (χ1) is 7.09. The monoisotopic (exact) mass is 203 g/mol. The Morgan fingerprint density at radius 1 is 0.867 bits per heavy atom. The van der Waals surface area contributed by atoms with Gasteiger partial charge in [-0.15, -0.1) is 0 Å². The molecule has 0 unspecified atom stereocenters. The molecule has 78 valence electrons. The largest absolute Gasteiger partial charge is 0.289 e. The summed E-state index contributed by atoms with van der Waals surface area (Å²) < 4.78 is 0. The highest BCUT2D eigenvalue weighted by molar-refractivity contribution is 6.12. The molecule has 0 saturated carbocycles. The van der Waals surface area contributed by atoms with Gasteiger partial charge in [0, 0.05) is 12.2 Å². The number of aryl methyl sites for hydroxylation is 2. The Labute approximate surface area is 88.8 Å². The van der Waals surface area contributed by atoms with Crippen LogP contribution in [0.4, 0.5) is 0 Å². The zero-order valence-electron chi connectivity index (χ0n) is 8.78. The van der Waals surface area contributed by atoms with Gasteiger partial charge in [0.05, 0.1) is 0 Å². The smallest absolute Gasteiger partial charge is 0.250 e. The molecule has 2 amide bonds. The number of carbonyl (C=O) groups is 2. The maximum Gasteiger partial charge on any atom is 0.250 e. The Balaban J connectivity index is 0.000000151. The van der Waals surface area contributed by atoms with Crippen LogP contribution in [0.5, 0.6) is 0 Å². The molecule has 0 aliphatic carbocycles. The first-order valence-electron chi connectivity index (χ1n) is 4.65. The SMILES string of the molecule is Cc1ccccc1C.O=C1C=CC(=O)N1. The average Bonchev–Trinajstić information content (AvgIpc) is 2.56. The zero-order chi connectivity index (χ0) is 11.3. The van der Waals surface area contributed by atoms with E-state index in [4.69, 9.17) is 0 Å². The molecule has 1 aromatic carbocycles. The van der Waals surface area contributed by atoms with Gasteiger partial charge in [-0.2, -0.15) is 0 Å². The second-order valence-corrected chi connectivity index (χ2v) is 3.27. The van der Waals surface area contributed by atoms with Crippen LogP contribution in [-0.4, -0.2) is 11.8 Å². The van der Waals surface area contributed by atoms with Crippen LogP contribution in [0.1, 0.15) is 11.1 Å². The van der Waals surface area contributed by atoms with Crippen molar-refractivity contribution in [3.63, 3.8) is 0 Å². The fourth-order valence-corrected chi connectivity index (χ4v) is 1.02. The van der Waals surface area contributed by atoms with Crippen molar-refractivity contribution in [2.75, 3.05) is 0 Å². The molecular weight excluding hydrogens is 190 g/mol. The Morgan fingerprint density at radius 3 is 1.47 bits per heavy atom. The predicted octanol–water partition coefficient (Wildman–Crippen LogP) is 1.50. The van der Waals surface area contributed by atoms with E-state index in [2.05, 4.69) is 38.1 Å². The zero-order valence-corrected chi connectivity index (χ0v) is 8.78. The number of hydrogen-bond acceptors (Lipinski definition) is 2. The van der Waals surface area contributed by atoms with Crippen molar-refractivity contribution in [2.45, 2.75) is 13.8 Å². The van der Waals surface area contributed by atoms with Crippen molar-refractivity contribution < 1.29 is 9.59 Å². The van der Waals surface area contributed by atoms with Crippen LogP contribution in [0.15, 0.2) is 36.4 Å². The molecule has 1 aliphatic heterocycles. The highest BCUT2D eigenvalue weighted by atomic mass is 16.2. The third-order valence-corrected chi connectivity index (χ3v) is 2.06. The molecule has 2 rings (SSSR count). The van der Waals surface area contributed by atoms with Crippen LogP contribution < -0.4 is 5.32 Å². The molecule has 1 heterocycles. The molecule has 15 heavy (non-hydrogen) atoms. The third-order valence-electron chi connectivity index (χ3n) is 2.06. The summed E-state index contributed by atoms with van der Waals surface area (Å²) in [6, 6.07) is 8.36. The van der Waals surface area contributed by atoms with E-state index < -0.39 is 0 Å². The summed E-state index contributed by atoms with van der Waals surface area (Å²) in [5.74, 6) is -0.657. The molecule has 0 saturated heterocycles. The molecule has 3 heteroatoms. The standard InChI is InChI=1S/C8H10.C4H3NO2/c1-7-5-3-4-6-8(7)2;6-3-1-2-4(7)5-3/h3-6H,1-2H3;1-2H,(H,5,6,7). The van der Waals surface area contributed by atoms with Gasteiger partial charge in [0.15, 0.2) is 0 Å². The van der Waals surface area contributed by atoms with E-state index in [9.17, 15) is 9.59 Å². The molecule has 1 N–H and O–H groups in total. The highest BCUT2D eigenvalue weighted by Gasteiger charge is 2.06. The van der Waals surface area contributed by atoms with E-state index in [0.717, 1.165) is 0 Å². The molecule has 0 radical (unpaired) electrons. The Hall–Kier alpha value is -1.90. The molecule has 0 atom stereocenters. The minimum Gasteiger partial charge on any atom is -0.289 e. The predicted molar refractivity (Wildman–Crippen MR) is 58.2 cm³/mol. The molecule has 0 spiro atoms. The summed E-state index contributed by atoms with van der Waals surface area (Å²) in [5, 5.41) is 2.03. The van der Waals surface area contributed by atoms with Crippen LogP contribution in [0.2, 0.25) is 0 Å². The van der Waals surface area contributed by atoms with Crippen molar-refractivity contribution in [3.8, 4) is 0 Å². The number of benzene rings is 1. The van der Waals surface area contributed by atoms with E-state index in [-0.39, 0.29) is 11.8 Å². The number of amides is 2. The normalized spacial score (nSPS) is 13.2. The van der Waals surface area contributed by atoms with Gasteiger partial charge in [-0.3, -0.25) is 14.9 Å². The van der Waals surface area contributed by atoms with Crippen LogP contribution in [-0.2, 0) is 9.59 Å². The average molecular weight is 203 g/mol. The van der Waals surface area contributed by atoms with E-state index in [1.165, 1.54) is 23.3 Å². The fraction of sp³-hybridized carbons (Fsp3) is 0.167. The van der Waals surface area contributed by atoms with Gasteiger partial charge in [0.2, 0.25) is 0 Å². The summed E-state index contributed by atoms with van der Waals surface area (Å²) in [6.45, 7) is 4.24. The molecule has 0 aromatic heterocycles. The molecule has 1 aliphatic rings. The summed E-state index contributed by atoms with van der Waals surface area (Å²) in [5.41, 5.74) is 2.74. The highest BCUT2D eigenvalue weighted by Crippen LogP contribution is 2.02. The van der Waals surface area contributed by atoms with Gasteiger partial charge in [0.25, 0.3) is 11.8 Å². The number of carbonyl (C=O) groups excluding carboxylic acids is 2. The fourth-order valence-electron chi connectivity index (χ4n) is 1.02. The second-order valence-electron chi connectivity index (χ2n) is 3.27. The van der Waals surface area contributed by atoms with Gasteiger partial charge in [-0.1, -0.05) is 24.3 Å². The van der Waals surface area contributed by atoms with Gasteiger partial charge in [-0.25, -0.2) is 0 Å². The molecule has 0 bridgehead atoms. The Morgan fingerprint density at radius 2 is 1.27 bits per heavy atom. The number of imide groups is 1. The number of hydrogen-bond donors (Lipinski definition) is 1. The third kappa shape index (κ3) is 3.77. The lowest BCUT2D eigenvalue weighted by Gasteiger charge is -1.93. The number of rotatable bonds is 0. The van der Waals surface area contributed by atoms with Crippen molar-refractivity contribution in [1.82, 2.24) is 5.32 Å². The van der Waals surface area contributed by atoms with Crippen molar-refractivity contribution >= 4 is 11.8 Å². The molecule has 1 aromatic rings. The summed E-state index contributed by atoms with van der Waals surface area (Å²) >= 11 is 0. The first-order valence-corrected chi connectivity index (χ1v) is 4.65. The lowest BCUT2D eigenvalue weighted by atomic mass is 10.1. The van der Waals surface area contributed by atoms with Crippen molar-refractivity contribution in [3.05, 3.63) is 47.5 Å². The Bertz CT molecular complexity index is 371. The van der Waals surface area contributed by atoms with E-state index >= 15 is 0 Å². The summed E-state index contributed by atoms with van der Waals surface area (Å²) in [7, 11) is 0. The summed E-state index contributed by atoms with van der Waals surface area (Å²) in [4.78, 5) is 20.1. The van der Waals surface area contributed by atoms with Gasteiger partial charge in [0.1, 0.15) is 0 Å². The van der Waals surface area contributed by atoms with Gasteiger partial charge < -0.3 is 0 Å². The minimum atomic E-state index is -0.329. The van der Waals surface area contributed by atoms with Gasteiger partial charge in [-0.05, 0) is 25.0 Å². The van der Waals surface area contributed by atoms with Crippen LogP contribution >= 0.6 is 0 Å². The second kappa shape index (κ2) is 5.10. The topological polar surface area (TPSA) is 46.2 Å². The first kappa shape index (κ1) is 11.2. The lowest BCUT2D eigenvalue weighted by molar-refractivity contribution is -0.123. The maximum atomic E-state index is 10.0. The molecule has 3 nitrogen and oxygen atoms in total. The molecule has 0 fully saturated rings. The number of nitrogens with one attached hydrogen (secondary N) is 1.